The van der Waals surface area contributed by atoms with E-state index in [9.17, 15) is 4.79 Å². The molecule has 0 saturated heterocycles. The van der Waals surface area contributed by atoms with Crippen LogP contribution in [-0.4, -0.2) is 31.9 Å². The van der Waals surface area contributed by atoms with E-state index in [1.165, 1.54) is 0 Å². The van der Waals surface area contributed by atoms with Gasteiger partial charge in [0, 0.05) is 31.4 Å². The Balaban J connectivity index is 2.37. The zero-order chi connectivity index (χ0) is 12.4. The molecule has 0 amide bonds. The SMILES string of the molecule is COc1ccc2c(c1)CC/C(=C\N(C)C)C2=O. The van der Waals surface area contributed by atoms with Gasteiger partial charge in [0.2, 0.25) is 0 Å². The summed E-state index contributed by atoms with van der Waals surface area (Å²) in [4.78, 5) is 14.1. The van der Waals surface area contributed by atoms with Gasteiger partial charge in [-0.05, 0) is 36.6 Å². The fourth-order valence-electron chi connectivity index (χ4n) is 2.12. The van der Waals surface area contributed by atoms with E-state index in [4.69, 9.17) is 4.74 Å². The fraction of sp³-hybridized carbons (Fsp3) is 0.357. The van der Waals surface area contributed by atoms with Gasteiger partial charge < -0.3 is 9.64 Å². The first-order valence-electron chi connectivity index (χ1n) is 5.70. The number of Topliss-reactive ketones (excluding diaryl/α,β-unsaturated/α-hetero) is 1. The average molecular weight is 231 g/mol. The minimum atomic E-state index is 0.141. The summed E-state index contributed by atoms with van der Waals surface area (Å²) in [5.74, 6) is 0.958. The number of nitrogens with zero attached hydrogens (tertiary/aromatic N) is 1. The molecule has 0 aliphatic heterocycles. The maximum absolute atomic E-state index is 12.2. The highest BCUT2D eigenvalue weighted by molar-refractivity contribution is 6.10. The molecule has 0 spiro atoms. The van der Waals surface area contributed by atoms with E-state index in [2.05, 4.69) is 0 Å². The monoisotopic (exact) mass is 231 g/mol. The van der Waals surface area contributed by atoms with Gasteiger partial charge in [-0.3, -0.25) is 4.79 Å². The lowest BCUT2D eigenvalue weighted by molar-refractivity contribution is 0.102. The van der Waals surface area contributed by atoms with Crippen LogP contribution in [0.4, 0.5) is 0 Å². The summed E-state index contributed by atoms with van der Waals surface area (Å²) in [5, 5.41) is 0. The summed E-state index contributed by atoms with van der Waals surface area (Å²) < 4.78 is 5.17. The van der Waals surface area contributed by atoms with Gasteiger partial charge in [0.25, 0.3) is 0 Å². The molecule has 0 heterocycles. The van der Waals surface area contributed by atoms with Crippen molar-refractivity contribution in [1.82, 2.24) is 4.90 Å². The molecule has 2 rings (SSSR count). The van der Waals surface area contributed by atoms with Gasteiger partial charge in [0.05, 0.1) is 7.11 Å². The molecule has 0 fully saturated rings. The van der Waals surface area contributed by atoms with E-state index < -0.39 is 0 Å². The number of aryl methyl sites for hydroxylation is 1. The molecule has 90 valence electrons. The Hall–Kier alpha value is -1.77. The van der Waals surface area contributed by atoms with Crippen LogP contribution in [0.2, 0.25) is 0 Å². The van der Waals surface area contributed by atoms with Crippen LogP contribution in [0.1, 0.15) is 22.3 Å². The van der Waals surface area contributed by atoms with Crippen molar-refractivity contribution >= 4 is 5.78 Å². The van der Waals surface area contributed by atoms with E-state index in [-0.39, 0.29) is 5.78 Å². The van der Waals surface area contributed by atoms with Crippen LogP contribution in [0.3, 0.4) is 0 Å². The van der Waals surface area contributed by atoms with Gasteiger partial charge >= 0.3 is 0 Å². The smallest absolute Gasteiger partial charge is 0.190 e. The predicted octanol–water partition coefficient (Wildman–Crippen LogP) is 2.27. The third-order valence-electron chi connectivity index (χ3n) is 2.93. The average Bonchev–Trinajstić information content (AvgIpc) is 2.32. The second-order valence-electron chi connectivity index (χ2n) is 4.47. The lowest BCUT2D eigenvalue weighted by Crippen LogP contribution is -2.17. The molecule has 3 nitrogen and oxygen atoms in total. The summed E-state index contributed by atoms with van der Waals surface area (Å²) in [6, 6.07) is 5.66. The van der Waals surface area contributed by atoms with Crippen molar-refractivity contribution in [2.75, 3.05) is 21.2 Å². The Morgan fingerprint density at radius 2 is 2.06 bits per heavy atom. The molecule has 0 radical (unpaired) electrons. The lowest BCUT2D eigenvalue weighted by atomic mass is 9.87. The Morgan fingerprint density at radius 3 is 2.71 bits per heavy atom. The Morgan fingerprint density at radius 1 is 1.29 bits per heavy atom. The quantitative estimate of drug-likeness (QED) is 0.731. The summed E-state index contributed by atoms with van der Waals surface area (Å²) in [5.41, 5.74) is 2.78. The van der Waals surface area contributed by atoms with Crippen LogP contribution in [0.25, 0.3) is 0 Å². The van der Waals surface area contributed by atoms with Crippen molar-refractivity contribution in [3.05, 3.63) is 41.1 Å². The van der Waals surface area contributed by atoms with E-state index >= 15 is 0 Å². The molecular formula is C14H17NO2. The van der Waals surface area contributed by atoms with E-state index in [0.29, 0.717) is 0 Å². The number of fused-ring (bicyclic) bond motifs is 1. The first-order chi connectivity index (χ1) is 8.11. The number of hydrogen-bond donors (Lipinski definition) is 0. The number of ketones is 1. The second-order valence-corrected chi connectivity index (χ2v) is 4.47. The summed E-state index contributed by atoms with van der Waals surface area (Å²) in [6.45, 7) is 0. The van der Waals surface area contributed by atoms with Crippen molar-refractivity contribution in [1.29, 1.82) is 0 Å². The standard InChI is InChI=1S/C14H17NO2/c1-15(2)9-11-5-4-10-8-12(17-3)6-7-13(10)14(11)16/h6-9H,4-5H2,1-3H3/b11-9+. The van der Waals surface area contributed by atoms with E-state index in [1.807, 2.05) is 43.4 Å². The van der Waals surface area contributed by atoms with Crippen LogP contribution in [0, 0.1) is 0 Å². The molecule has 1 aromatic carbocycles. The van der Waals surface area contributed by atoms with Crippen LogP contribution in [-0.2, 0) is 6.42 Å². The Kier molecular flexibility index (Phi) is 3.18. The van der Waals surface area contributed by atoms with Gasteiger partial charge in [-0.25, -0.2) is 0 Å². The molecule has 17 heavy (non-hydrogen) atoms. The molecule has 0 N–H and O–H groups in total. The van der Waals surface area contributed by atoms with Gasteiger partial charge in [0.1, 0.15) is 5.75 Å². The van der Waals surface area contributed by atoms with Gasteiger partial charge in [0.15, 0.2) is 5.78 Å². The number of allylic oxidation sites excluding steroid dienone is 1. The number of carbonyl (C=O) groups is 1. The highest BCUT2D eigenvalue weighted by Gasteiger charge is 2.22. The third-order valence-corrected chi connectivity index (χ3v) is 2.93. The third kappa shape index (κ3) is 2.33. The van der Waals surface area contributed by atoms with E-state index in [1.54, 1.807) is 7.11 Å². The fourth-order valence-corrected chi connectivity index (χ4v) is 2.12. The molecule has 3 heteroatoms. The molecule has 1 aliphatic carbocycles. The maximum Gasteiger partial charge on any atom is 0.190 e. The normalized spacial score (nSPS) is 16.9. The van der Waals surface area contributed by atoms with Crippen LogP contribution >= 0.6 is 0 Å². The Bertz CT molecular complexity index is 475. The molecule has 1 aromatic rings. The Labute approximate surface area is 102 Å². The van der Waals surface area contributed by atoms with Crippen molar-refractivity contribution in [2.45, 2.75) is 12.8 Å². The molecule has 0 bridgehead atoms. The molecule has 0 saturated carbocycles. The molecule has 0 aromatic heterocycles. The zero-order valence-electron chi connectivity index (χ0n) is 10.5. The van der Waals surface area contributed by atoms with Crippen molar-refractivity contribution in [3.63, 3.8) is 0 Å². The van der Waals surface area contributed by atoms with Crippen LogP contribution in [0.5, 0.6) is 5.75 Å². The first-order valence-corrected chi connectivity index (χ1v) is 5.70. The van der Waals surface area contributed by atoms with Crippen molar-refractivity contribution < 1.29 is 9.53 Å². The second kappa shape index (κ2) is 4.62. The number of hydrogen-bond acceptors (Lipinski definition) is 3. The summed E-state index contributed by atoms with van der Waals surface area (Å²) >= 11 is 0. The molecule has 1 aliphatic rings. The highest BCUT2D eigenvalue weighted by atomic mass is 16.5. The van der Waals surface area contributed by atoms with Crippen molar-refractivity contribution in [2.24, 2.45) is 0 Å². The number of carbonyl (C=O) groups excluding carboxylic acids is 1. The first kappa shape index (κ1) is 11.7. The lowest BCUT2D eigenvalue weighted by Gasteiger charge is -2.19. The maximum atomic E-state index is 12.2. The number of ether oxygens (including phenoxy) is 1. The van der Waals surface area contributed by atoms with Gasteiger partial charge in [-0.15, -0.1) is 0 Å². The van der Waals surface area contributed by atoms with Gasteiger partial charge in [-0.2, -0.15) is 0 Å². The number of rotatable bonds is 2. The topological polar surface area (TPSA) is 29.5 Å². The van der Waals surface area contributed by atoms with Gasteiger partial charge in [-0.1, -0.05) is 0 Å². The summed E-state index contributed by atoms with van der Waals surface area (Å²) in [6.07, 6.45) is 3.62. The van der Waals surface area contributed by atoms with Crippen molar-refractivity contribution in [3.8, 4) is 5.75 Å². The largest absolute Gasteiger partial charge is 0.497 e. The predicted molar refractivity (Wildman–Crippen MR) is 67.4 cm³/mol. The molecule has 0 atom stereocenters. The molecule has 0 unspecified atom stereocenters. The van der Waals surface area contributed by atoms with E-state index in [0.717, 1.165) is 35.3 Å². The van der Waals surface area contributed by atoms with Crippen LogP contribution in [0.15, 0.2) is 30.0 Å². The summed E-state index contributed by atoms with van der Waals surface area (Å²) in [7, 11) is 5.51. The molecular weight excluding hydrogens is 214 g/mol. The minimum Gasteiger partial charge on any atom is -0.497 e. The highest BCUT2D eigenvalue weighted by Crippen LogP contribution is 2.28. The number of methoxy groups -OCH3 is 1. The minimum absolute atomic E-state index is 0.141. The number of benzene rings is 1. The zero-order valence-corrected chi connectivity index (χ0v) is 10.5. The van der Waals surface area contributed by atoms with Crippen LogP contribution < -0.4 is 4.74 Å².